The van der Waals surface area contributed by atoms with E-state index >= 15 is 0 Å². The Balaban J connectivity index is 0. The highest BCUT2D eigenvalue weighted by Crippen LogP contribution is 2.25. The van der Waals surface area contributed by atoms with Gasteiger partial charge in [-0.25, -0.2) is 17.7 Å². The Bertz CT molecular complexity index is 182. The molecular weight excluding hydrogens is 212 g/mol. The number of allylic oxidation sites excluding steroid dienone is 2. The third-order valence-electron chi connectivity index (χ3n) is 0.617. The van der Waals surface area contributed by atoms with E-state index < -0.39 is 20.4 Å². The fourth-order valence-corrected chi connectivity index (χ4v) is 0.268. The SMILES string of the molecule is CC=CC(F)C(F)F.O=P(O)(O)O. The quantitative estimate of drug-likeness (QED) is 0.485. The van der Waals surface area contributed by atoms with E-state index in [0.717, 1.165) is 6.08 Å². The summed E-state index contributed by atoms with van der Waals surface area (Å²) in [6, 6.07) is 0. The summed E-state index contributed by atoms with van der Waals surface area (Å²) in [5.41, 5.74) is 0. The topological polar surface area (TPSA) is 77.8 Å². The molecule has 0 spiro atoms. The predicted octanol–water partition coefficient (Wildman–Crippen LogP) is 1.24. The third-order valence-corrected chi connectivity index (χ3v) is 0.617. The van der Waals surface area contributed by atoms with Crippen LogP contribution in [0, 0.1) is 0 Å². The van der Waals surface area contributed by atoms with Gasteiger partial charge >= 0.3 is 7.82 Å². The Morgan fingerprint density at radius 2 is 1.54 bits per heavy atom. The molecule has 13 heavy (non-hydrogen) atoms. The van der Waals surface area contributed by atoms with Crippen molar-refractivity contribution in [1.82, 2.24) is 0 Å². The monoisotopic (exact) mass is 222 g/mol. The number of hydrogen-bond donors (Lipinski definition) is 3. The highest BCUT2D eigenvalue weighted by Gasteiger charge is 2.13. The maximum absolute atomic E-state index is 11.7. The lowest BCUT2D eigenvalue weighted by atomic mass is 10.4. The first-order valence-electron chi connectivity index (χ1n) is 3.01. The minimum atomic E-state index is -4.64. The third kappa shape index (κ3) is 24.5. The average molecular weight is 222 g/mol. The lowest BCUT2D eigenvalue weighted by Crippen LogP contribution is -2.07. The largest absolute Gasteiger partial charge is 0.466 e. The minimum Gasteiger partial charge on any atom is -0.303 e. The molecule has 1 atom stereocenters. The van der Waals surface area contributed by atoms with Crippen LogP contribution in [0.5, 0.6) is 0 Å². The van der Waals surface area contributed by atoms with Crippen molar-refractivity contribution >= 4 is 7.82 Å². The van der Waals surface area contributed by atoms with Crippen LogP contribution in [-0.4, -0.2) is 27.3 Å². The lowest BCUT2D eigenvalue weighted by molar-refractivity contribution is 0.0750. The van der Waals surface area contributed by atoms with Crippen LogP contribution in [0.1, 0.15) is 6.92 Å². The van der Waals surface area contributed by atoms with Gasteiger partial charge in [0.2, 0.25) is 0 Å². The summed E-state index contributed by atoms with van der Waals surface area (Å²) in [6.45, 7) is 1.50. The highest BCUT2D eigenvalue weighted by atomic mass is 31.2. The minimum absolute atomic E-state index is 0.824. The van der Waals surface area contributed by atoms with Crippen molar-refractivity contribution in [3.05, 3.63) is 12.2 Å². The molecule has 80 valence electrons. The van der Waals surface area contributed by atoms with Gasteiger partial charge in [0.05, 0.1) is 0 Å². The molecule has 0 bridgehead atoms. The van der Waals surface area contributed by atoms with Crippen LogP contribution in [0.2, 0.25) is 0 Å². The first kappa shape index (κ1) is 15.1. The van der Waals surface area contributed by atoms with Crippen LogP contribution in [0.15, 0.2) is 12.2 Å². The number of phosphoric acid groups is 1. The van der Waals surface area contributed by atoms with Crippen LogP contribution in [-0.2, 0) is 4.57 Å². The average Bonchev–Trinajstić information content (AvgIpc) is 1.84. The van der Waals surface area contributed by atoms with Crippen molar-refractivity contribution in [2.24, 2.45) is 0 Å². The summed E-state index contributed by atoms with van der Waals surface area (Å²) < 4.78 is 42.9. The van der Waals surface area contributed by atoms with Crippen LogP contribution in [0.25, 0.3) is 0 Å². The molecule has 1 unspecified atom stereocenters. The number of halogens is 3. The van der Waals surface area contributed by atoms with Crippen molar-refractivity contribution in [3.8, 4) is 0 Å². The van der Waals surface area contributed by atoms with E-state index in [1.807, 2.05) is 0 Å². The van der Waals surface area contributed by atoms with Gasteiger partial charge in [0.1, 0.15) is 0 Å². The molecule has 4 nitrogen and oxygen atoms in total. The summed E-state index contributed by atoms with van der Waals surface area (Å²) in [5, 5.41) is 0. The van der Waals surface area contributed by atoms with E-state index in [1.54, 1.807) is 0 Å². The van der Waals surface area contributed by atoms with E-state index in [9.17, 15) is 13.2 Å². The van der Waals surface area contributed by atoms with Gasteiger partial charge in [-0.1, -0.05) is 6.08 Å². The molecule has 0 rings (SSSR count). The van der Waals surface area contributed by atoms with Crippen molar-refractivity contribution in [3.63, 3.8) is 0 Å². The molecule has 0 fully saturated rings. The van der Waals surface area contributed by atoms with Gasteiger partial charge < -0.3 is 14.7 Å². The maximum Gasteiger partial charge on any atom is 0.466 e. The first-order valence-corrected chi connectivity index (χ1v) is 4.58. The highest BCUT2D eigenvalue weighted by molar-refractivity contribution is 7.45. The molecule has 0 aliphatic rings. The van der Waals surface area contributed by atoms with Gasteiger partial charge in [-0.05, 0) is 13.0 Å². The van der Waals surface area contributed by atoms with Gasteiger partial charge in [0.25, 0.3) is 6.43 Å². The summed E-state index contributed by atoms with van der Waals surface area (Å²) in [6.07, 6.45) is -2.90. The summed E-state index contributed by atoms with van der Waals surface area (Å²) >= 11 is 0. The predicted molar refractivity (Wildman–Crippen MR) is 40.0 cm³/mol. The molecule has 0 amide bonds. The van der Waals surface area contributed by atoms with E-state index in [2.05, 4.69) is 0 Å². The van der Waals surface area contributed by atoms with Gasteiger partial charge in [0, 0.05) is 0 Å². The molecule has 3 N–H and O–H groups in total. The second-order valence-corrected chi connectivity index (χ2v) is 2.84. The Morgan fingerprint density at radius 3 is 1.62 bits per heavy atom. The van der Waals surface area contributed by atoms with Gasteiger partial charge in [0.15, 0.2) is 6.17 Å². The van der Waals surface area contributed by atoms with Crippen molar-refractivity contribution in [1.29, 1.82) is 0 Å². The van der Waals surface area contributed by atoms with E-state index in [0.29, 0.717) is 0 Å². The molecule has 0 saturated heterocycles. The second-order valence-electron chi connectivity index (χ2n) is 1.82. The Labute approximate surface area is 72.9 Å². The standard InChI is InChI=1S/C5H7F3.H3O4P/c1-2-3-4(6)5(7)8;1-5(2,3)4/h2-5H,1H3;(H3,1,2,3,4). The van der Waals surface area contributed by atoms with Gasteiger partial charge in [-0.2, -0.15) is 0 Å². The first-order chi connectivity index (χ1) is 5.68. The second kappa shape index (κ2) is 7.08. The maximum atomic E-state index is 11.7. The molecule has 8 heteroatoms. The summed E-state index contributed by atoms with van der Waals surface area (Å²) in [7, 11) is -4.64. The molecule has 0 radical (unpaired) electrons. The zero-order valence-electron chi connectivity index (χ0n) is 6.64. The fourth-order valence-electron chi connectivity index (χ4n) is 0.268. The van der Waals surface area contributed by atoms with Crippen LogP contribution < -0.4 is 0 Å². The molecule has 0 heterocycles. The number of alkyl halides is 3. The fraction of sp³-hybridized carbons (Fsp3) is 0.600. The molecule has 0 aliphatic heterocycles. The normalized spacial score (nSPS) is 14.2. The molecule has 0 aromatic carbocycles. The van der Waals surface area contributed by atoms with Crippen molar-refractivity contribution in [2.75, 3.05) is 0 Å². The Morgan fingerprint density at radius 1 is 1.23 bits per heavy atom. The van der Waals surface area contributed by atoms with Crippen LogP contribution >= 0.6 is 7.82 Å². The Kier molecular flexibility index (Phi) is 8.24. The van der Waals surface area contributed by atoms with Crippen LogP contribution in [0.3, 0.4) is 0 Å². The number of rotatable bonds is 2. The molecule has 0 aromatic rings. The van der Waals surface area contributed by atoms with Crippen LogP contribution in [0.4, 0.5) is 13.2 Å². The zero-order chi connectivity index (χ0) is 11.1. The van der Waals surface area contributed by atoms with Gasteiger partial charge in [-0.3, -0.25) is 0 Å². The molecular formula is C5H10F3O4P. The summed E-state index contributed by atoms with van der Waals surface area (Å²) in [5.74, 6) is 0. The van der Waals surface area contributed by atoms with E-state index in [1.165, 1.54) is 13.0 Å². The number of hydrogen-bond acceptors (Lipinski definition) is 1. The van der Waals surface area contributed by atoms with E-state index in [-0.39, 0.29) is 0 Å². The van der Waals surface area contributed by atoms with Crippen molar-refractivity contribution in [2.45, 2.75) is 19.5 Å². The zero-order valence-corrected chi connectivity index (χ0v) is 7.53. The smallest absolute Gasteiger partial charge is 0.303 e. The van der Waals surface area contributed by atoms with Crippen molar-refractivity contribution < 1.29 is 32.4 Å². The molecule has 0 saturated carbocycles. The lowest BCUT2D eigenvalue weighted by Gasteiger charge is -1.96. The molecule has 0 aliphatic carbocycles. The molecule has 0 aromatic heterocycles. The Hall–Kier alpha value is -0.360. The van der Waals surface area contributed by atoms with E-state index in [4.69, 9.17) is 19.2 Å². The van der Waals surface area contributed by atoms with Gasteiger partial charge in [-0.15, -0.1) is 0 Å². The summed E-state index contributed by atoms with van der Waals surface area (Å²) in [4.78, 5) is 21.6.